The SMILES string of the molecule is O=C(O)CNCCCc1cc(Cl)ccc1Oc1cc(F)c(SNc2cscn2)cc1Cl. The van der Waals surface area contributed by atoms with Gasteiger partial charge in [0.25, 0.3) is 0 Å². The van der Waals surface area contributed by atoms with Crippen LogP contribution in [0.3, 0.4) is 0 Å². The van der Waals surface area contributed by atoms with Gasteiger partial charge in [-0.3, -0.25) is 4.79 Å². The standard InChI is InChI=1S/C20H18Cl2FN3O3S2/c21-13-3-4-16(12(6-13)2-1-5-24-9-20(27)28)29-17-8-15(23)18(7-14(17)22)31-26-19-10-30-11-25-19/h3-4,6-8,10-11,24,26H,1-2,5,9H2,(H,27,28). The Morgan fingerprint density at radius 1 is 1.26 bits per heavy atom. The fourth-order valence-electron chi connectivity index (χ4n) is 2.60. The molecule has 0 radical (unpaired) electrons. The molecule has 164 valence electrons. The summed E-state index contributed by atoms with van der Waals surface area (Å²) < 4.78 is 23.4. The van der Waals surface area contributed by atoms with E-state index in [0.717, 1.165) is 17.5 Å². The van der Waals surface area contributed by atoms with Gasteiger partial charge in [0.2, 0.25) is 0 Å². The molecule has 1 heterocycles. The second-order valence-corrected chi connectivity index (χ2v) is 8.73. The summed E-state index contributed by atoms with van der Waals surface area (Å²) in [5, 5.41) is 14.1. The Hall–Kier alpha value is -2.04. The van der Waals surface area contributed by atoms with Crippen molar-refractivity contribution in [3.63, 3.8) is 0 Å². The maximum absolute atomic E-state index is 14.6. The van der Waals surface area contributed by atoms with E-state index in [0.29, 0.717) is 40.9 Å². The van der Waals surface area contributed by atoms with Crippen molar-refractivity contribution in [2.24, 2.45) is 0 Å². The van der Waals surface area contributed by atoms with E-state index < -0.39 is 11.8 Å². The van der Waals surface area contributed by atoms with Gasteiger partial charge < -0.3 is 19.9 Å². The first-order chi connectivity index (χ1) is 14.9. The average Bonchev–Trinajstić information content (AvgIpc) is 3.24. The fourth-order valence-corrected chi connectivity index (χ4v) is 4.28. The Balaban J connectivity index is 1.68. The van der Waals surface area contributed by atoms with Crippen molar-refractivity contribution in [3.05, 3.63) is 62.6 Å². The number of carbonyl (C=O) groups is 1. The van der Waals surface area contributed by atoms with Crippen molar-refractivity contribution in [3.8, 4) is 11.5 Å². The van der Waals surface area contributed by atoms with E-state index in [4.69, 9.17) is 33.0 Å². The molecule has 3 aromatic rings. The van der Waals surface area contributed by atoms with Crippen LogP contribution in [0.25, 0.3) is 0 Å². The third-order valence-electron chi connectivity index (χ3n) is 4.00. The molecule has 2 aromatic carbocycles. The molecular formula is C20H18Cl2FN3O3S2. The Morgan fingerprint density at radius 2 is 2.10 bits per heavy atom. The van der Waals surface area contributed by atoms with Crippen molar-refractivity contribution >= 4 is 58.3 Å². The summed E-state index contributed by atoms with van der Waals surface area (Å²) in [6.07, 6.45) is 1.26. The predicted octanol–water partition coefficient (Wildman–Crippen LogP) is 6.11. The zero-order chi connectivity index (χ0) is 22.2. The molecule has 0 fully saturated rings. The highest BCUT2D eigenvalue weighted by Crippen LogP contribution is 2.37. The average molecular weight is 502 g/mol. The van der Waals surface area contributed by atoms with E-state index in [2.05, 4.69) is 15.0 Å². The van der Waals surface area contributed by atoms with Gasteiger partial charge in [-0.25, -0.2) is 9.37 Å². The maximum Gasteiger partial charge on any atom is 0.317 e. The van der Waals surface area contributed by atoms with Gasteiger partial charge in [0.15, 0.2) is 0 Å². The van der Waals surface area contributed by atoms with Gasteiger partial charge in [-0.2, -0.15) is 0 Å². The third-order valence-corrected chi connectivity index (χ3v) is 5.96. The molecule has 0 bridgehead atoms. The lowest BCUT2D eigenvalue weighted by molar-refractivity contribution is -0.135. The zero-order valence-electron chi connectivity index (χ0n) is 16.0. The molecular weight excluding hydrogens is 484 g/mol. The first-order valence-electron chi connectivity index (χ1n) is 9.11. The Morgan fingerprint density at radius 3 is 2.84 bits per heavy atom. The number of anilines is 1. The molecule has 0 saturated carbocycles. The van der Waals surface area contributed by atoms with Crippen LogP contribution < -0.4 is 14.8 Å². The maximum atomic E-state index is 14.6. The molecule has 0 amide bonds. The number of aliphatic carboxylic acids is 1. The van der Waals surface area contributed by atoms with Crippen molar-refractivity contribution in [2.45, 2.75) is 17.7 Å². The van der Waals surface area contributed by atoms with Crippen molar-refractivity contribution < 1.29 is 19.0 Å². The van der Waals surface area contributed by atoms with Crippen LogP contribution in [0.1, 0.15) is 12.0 Å². The van der Waals surface area contributed by atoms with Crippen molar-refractivity contribution in [1.29, 1.82) is 0 Å². The van der Waals surface area contributed by atoms with Crippen LogP contribution >= 0.6 is 46.5 Å². The highest BCUT2D eigenvalue weighted by Gasteiger charge is 2.14. The van der Waals surface area contributed by atoms with Crippen molar-refractivity contribution in [1.82, 2.24) is 10.3 Å². The van der Waals surface area contributed by atoms with Gasteiger partial charge in [-0.05, 0) is 61.2 Å². The van der Waals surface area contributed by atoms with Gasteiger partial charge in [0.05, 0.1) is 22.0 Å². The summed E-state index contributed by atoms with van der Waals surface area (Å²) in [6.45, 7) is 0.418. The van der Waals surface area contributed by atoms with E-state index in [1.807, 2.05) is 5.38 Å². The molecule has 3 rings (SSSR count). The number of halogens is 3. The summed E-state index contributed by atoms with van der Waals surface area (Å²) >= 11 is 14.9. The largest absolute Gasteiger partial charge is 0.480 e. The van der Waals surface area contributed by atoms with E-state index in [1.165, 1.54) is 23.5 Å². The Bertz CT molecular complexity index is 1040. The van der Waals surface area contributed by atoms with Crippen LogP contribution in [0.15, 0.2) is 46.1 Å². The lowest BCUT2D eigenvalue weighted by Crippen LogP contribution is -2.23. The van der Waals surface area contributed by atoms with Crippen molar-refractivity contribution in [2.75, 3.05) is 17.8 Å². The molecule has 6 nitrogen and oxygen atoms in total. The number of rotatable bonds is 11. The minimum Gasteiger partial charge on any atom is -0.480 e. The summed E-state index contributed by atoms with van der Waals surface area (Å²) in [4.78, 5) is 15.0. The van der Waals surface area contributed by atoms with Gasteiger partial charge >= 0.3 is 5.97 Å². The second kappa shape index (κ2) is 11.5. The molecule has 0 spiro atoms. The van der Waals surface area contributed by atoms with Gasteiger partial charge in [-0.15, -0.1) is 11.3 Å². The van der Waals surface area contributed by atoms with Crippen LogP contribution in [-0.2, 0) is 11.2 Å². The quantitative estimate of drug-likeness (QED) is 0.216. The van der Waals surface area contributed by atoms with Gasteiger partial charge in [-0.1, -0.05) is 23.2 Å². The second-order valence-electron chi connectivity index (χ2n) is 6.32. The van der Waals surface area contributed by atoms with E-state index in [-0.39, 0.29) is 17.3 Å². The number of thiazole rings is 1. The van der Waals surface area contributed by atoms with Crippen LogP contribution in [0.4, 0.5) is 10.2 Å². The monoisotopic (exact) mass is 501 g/mol. The normalized spacial score (nSPS) is 10.8. The number of hydrogen-bond acceptors (Lipinski definition) is 7. The minimum absolute atomic E-state index is 0.102. The summed E-state index contributed by atoms with van der Waals surface area (Å²) in [6, 6.07) is 7.86. The summed E-state index contributed by atoms with van der Waals surface area (Å²) in [5.41, 5.74) is 2.49. The summed E-state index contributed by atoms with van der Waals surface area (Å²) in [7, 11) is 0. The lowest BCUT2D eigenvalue weighted by Gasteiger charge is -2.14. The summed E-state index contributed by atoms with van der Waals surface area (Å²) in [5.74, 6) is -0.0726. The molecule has 0 aliphatic carbocycles. The van der Waals surface area contributed by atoms with Gasteiger partial charge in [0, 0.05) is 16.5 Å². The number of aromatic nitrogens is 1. The number of aryl methyl sites for hydroxylation is 1. The molecule has 31 heavy (non-hydrogen) atoms. The molecule has 11 heteroatoms. The molecule has 0 atom stereocenters. The third kappa shape index (κ3) is 7.26. The predicted molar refractivity (Wildman–Crippen MR) is 123 cm³/mol. The minimum atomic E-state index is -0.910. The van der Waals surface area contributed by atoms with Gasteiger partial charge in [0.1, 0.15) is 23.1 Å². The van der Waals surface area contributed by atoms with Crippen LogP contribution in [-0.4, -0.2) is 29.1 Å². The number of carboxylic acids is 1. The van der Waals surface area contributed by atoms with E-state index >= 15 is 0 Å². The number of hydrogen-bond donors (Lipinski definition) is 3. The first-order valence-corrected chi connectivity index (χ1v) is 11.6. The Kier molecular flexibility index (Phi) is 8.79. The first kappa shape index (κ1) is 23.6. The fraction of sp³-hybridized carbons (Fsp3) is 0.200. The topological polar surface area (TPSA) is 83.5 Å². The molecule has 1 aromatic heterocycles. The molecule has 0 unspecified atom stereocenters. The Labute approximate surface area is 196 Å². The zero-order valence-corrected chi connectivity index (χ0v) is 19.2. The van der Waals surface area contributed by atoms with Crippen LogP contribution in [0.2, 0.25) is 10.0 Å². The number of benzene rings is 2. The lowest BCUT2D eigenvalue weighted by atomic mass is 10.1. The number of ether oxygens (including phenoxy) is 1. The number of nitrogens with zero attached hydrogens (tertiary/aromatic N) is 1. The number of nitrogens with one attached hydrogen (secondary N) is 2. The van der Waals surface area contributed by atoms with Crippen LogP contribution in [0, 0.1) is 5.82 Å². The van der Waals surface area contributed by atoms with E-state index in [9.17, 15) is 9.18 Å². The molecule has 3 N–H and O–H groups in total. The van der Waals surface area contributed by atoms with Crippen LogP contribution in [0.5, 0.6) is 11.5 Å². The number of carboxylic acid groups (broad SMARTS) is 1. The van der Waals surface area contributed by atoms with E-state index in [1.54, 1.807) is 23.7 Å². The molecule has 0 saturated heterocycles. The molecule has 0 aliphatic heterocycles. The highest BCUT2D eigenvalue weighted by atomic mass is 35.5. The smallest absolute Gasteiger partial charge is 0.317 e. The highest BCUT2D eigenvalue weighted by molar-refractivity contribution is 8.00. The molecule has 0 aliphatic rings.